The highest BCUT2D eigenvalue weighted by atomic mass is 32.2. The van der Waals surface area contributed by atoms with Gasteiger partial charge in [-0.05, 0) is 46.5 Å². The van der Waals surface area contributed by atoms with Gasteiger partial charge in [0.05, 0.1) is 11.0 Å². The van der Waals surface area contributed by atoms with Gasteiger partial charge in [0.25, 0.3) is 0 Å². The quantitative estimate of drug-likeness (QED) is 0.205. The molecule has 2 aliphatic rings. The van der Waals surface area contributed by atoms with Gasteiger partial charge in [0, 0.05) is 59.3 Å². The maximum absolute atomic E-state index is 4.96. The van der Waals surface area contributed by atoms with Gasteiger partial charge in [0.15, 0.2) is 0 Å². The Labute approximate surface area is 252 Å². The van der Waals surface area contributed by atoms with Gasteiger partial charge in [-0.25, -0.2) is 9.97 Å². The number of hydrogen-bond donors (Lipinski definition) is 0. The van der Waals surface area contributed by atoms with Crippen LogP contribution in [0.25, 0.3) is 50.0 Å². The zero-order chi connectivity index (χ0) is 28.0. The lowest BCUT2D eigenvalue weighted by Gasteiger charge is -2.28. The van der Waals surface area contributed by atoms with E-state index in [9.17, 15) is 0 Å². The molecule has 5 aromatic carbocycles. The highest BCUT2D eigenvalue weighted by molar-refractivity contribution is 8.05. The number of fused-ring (bicyclic) bond motifs is 10. The van der Waals surface area contributed by atoms with Crippen molar-refractivity contribution in [3.63, 3.8) is 0 Å². The monoisotopic (exact) mass is 575 g/mol. The second-order valence-corrected chi connectivity index (χ2v) is 13.6. The fraction of sp³-hybridized carbons (Fsp3) is 0.0811. The van der Waals surface area contributed by atoms with Crippen molar-refractivity contribution in [2.45, 2.75) is 38.8 Å². The van der Waals surface area contributed by atoms with Crippen molar-refractivity contribution in [1.29, 1.82) is 0 Å². The maximum atomic E-state index is 4.96. The van der Waals surface area contributed by atoms with Gasteiger partial charge in [-0.15, -0.1) is 0 Å². The van der Waals surface area contributed by atoms with Gasteiger partial charge in [-0.2, -0.15) is 0 Å². The summed E-state index contributed by atoms with van der Waals surface area (Å²) in [6.07, 6.45) is 3.89. The second-order valence-electron chi connectivity index (χ2n) is 11.5. The Bertz CT molecular complexity index is 2210. The van der Waals surface area contributed by atoms with Crippen LogP contribution in [-0.2, 0) is 5.41 Å². The molecule has 0 fully saturated rings. The van der Waals surface area contributed by atoms with Gasteiger partial charge < -0.3 is 0 Å². The SMILES string of the molecule is CC1(C)c2ccc3c4ccccc4n(-c4ncc(-c5ccccc5)cn4)c3c2-c2ccc3c(c21)Sc1ccccc1S3. The van der Waals surface area contributed by atoms with Crippen molar-refractivity contribution in [2.24, 2.45) is 0 Å². The summed E-state index contributed by atoms with van der Waals surface area (Å²) in [5.41, 5.74) is 9.67. The van der Waals surface area contributed by atoms with Gasteiger partial charge in [-0.3, -0.25) is 4.57 Å². The molecule has 2 aromatic heterocycles. The molecule has 0 amide bonds. The molecule has 0 atom stereocenters. The first-order chi connectivity index (χ1) is 20.6. The molecule has 1 aliphatic heterocycles. The van der Waals surface area contributed by atoms with Gasteiger partial charge in [0.1, 0.15) is 0 Å². The molecule has 1 aliphatic carbocycles. The van der Waals surface area contributed by atoms with E-state index >= 15 is 0 Å². The van der Waals surface area contributed by atoms with E-state index < -0.39 is 0 Å². The molecule has 3 nitrogen and oxygen atoms in total. The molecule has 3 heterocycles. The average Bonchev–Trinajstić information content (AvgIpc) is 3.49. The largest absolute Gasteiger partial charge is 0.277 e. The third-order valence-corrected chi connectivity index (χ3v) is 11.4. The second kappa shape index (κ2) is 8.84. The van der Waals surface area contributed by atoms with Crippen molar-refractivity contribution in [3.05, 3.63) is 127 Å². The Morgan fingerprint density at radius 2 is 1.33 bits per heavy atom. The van der Waals surface area contributed by atoms with Crippen molar-refractivity contribution in [2.75, 3.05) is 0 Å². The van der Waals surface area contributed by atoms with Crippen LogP contribution < -0.4 is 0 Å². The van der Waals surface area contributed by atoms with Crippen molar-refractivity contribution >= 4 is 45.3 Å². The van der Waals surface area contributed by atoms with E-state index in [2.05, 4.69) is 103 Å². The summed E-state index contributed by atoms with van der Waals surface area (Å²) in [7, 11) is 0. The number of nitrogens with zero attached hydrogens (tertiary/aromatic N) is 3. The Morgan fingerprint density at radius 3 is 2.14 bits per heavy atom. The molecule has 0 spiro atoms. The van der Waals surface area contributed by atoms with Gasteiger partial charge in [0.2, 0.25) is 5.95 Å². The average molecular weight is 576 g/mol. The number of para-hydroxylation sites is 1. The lowest BCUT2D eigenvalue weighted by Crippen LogP contribution is -2.17. The standard InChI is InChI=1S/C37H25N3S2/c1-37(2)27-18-16-25-24-12-6-7-13-28(24)40(36-38-20-23(21-39-36)22-10-4-3-5-11-22)34(25)32(27)26-17-19-31-35(33(26)37)42-30-15-9-8-14-29(30)41-31/h3-21H,1-2H3. The third-order valence-electron chi connectivity index (χ3n) is 8.75. The highest BCUT2D eigenvalue weighted by Gasteiger charge is 2.41. The van der Waals surface area contributed by atoms with E-state index in [-0.39, 0.29) is 5.41 Å². The molecule has 0 saturated carbocycles. The van der Waals surface area contributed by atoms with Crippen LogP contribution in [-0.4, -0.2) is 14.5 Å². The first kappa shape index (κ1) is 24.3. The van der Waals surface area contributed by atoms with E-state index in [1.54, 1.807) is 0 Å². The minimum absolute atomic E-state index is 0.149. The zero-order valence-corrected chi connectivity index (χ0v) is 24.8. The molecular formula is C37H25N3S2. The Kier molecular flexibility index (Phi) is 5.11. The fourth-order valence-corrected chi connectivity index (χ4v) is 9.39. The molecule has 0 saturated heterocycles. The molecule has 9 rings (SSSR count). The maximum Gasteiger partial charge on any atom is 0.234 e. The number of rotatable bonds is 2. The summed E-state index contributed by atoms with van der Waals surface area (Å²) in [6, 6.07) is 37.1. The first-order valence-corrected chi connectivity index (χ1v) is 15.8. The third kappa shape index (κ3) is 3.32. The minimum Gasteiger partial charge on any atom is -0.277 e. The molecule has 0 N–H and O–H groups in total. The van der Waals surface area contributed by atoms with Crippen LogP contribution in [0.3, 0.4) is 0 Å². The summed E-state index contributed by atoms with van der Waals surface area (Å²) in [5, 5.41) is 2.45. The Morgan fingerprint density at radius 1 is 0.619 bits per heavy atom. The molecule has 200 valence electrons. The van der Waals surface area contributed by atoms with Crippen LogP contribution in [0.2, 0.25) is 0 Å². The predicted octanol–water partition coefficient (Wildman–Crippen LogP) is 10.2. The summed E-state index contributed by atoms with van der Waals surface area (Å²) in [4.78, 5) is 15.3. The molecule has 5 heteroatoms. The van der Waals surface area contributed by atoms with Crippen LogP contribution >= 0.6 is 23.5 Å². The molecule has 42 heavy (non-hydrogen) atoms. The normalized spacial score (nSPS) is 14.4. The van der Waals surface area contributed by atoms with Crippen LogP contribution in [0.15, 0.2) is 135 Å². The van der Waals surface area contributed by atoms with Crippen LogP contribution in [0.1, 0.15) is 25.0 Å². The van der Waals surface area contributed by atoms with Crippen LogP contribution in [0.4, 0.5) is 0 Å². The topological polar surface area (TPSA) is 30.7 Å². The molecule has 7 aromatic rings. The zero-order valence-electron chi connectivity index (χ0n) is 23.1. The Hall–Kier alpha value is -4.32. The highest BCUT2D eigenvalue weighted by Crippen LogP contribution is 2.60. The summed E-state index contributed by atoms with van der Waals surface area (Å²) >= 11 is 3.81. The molecule has 0 unspecified atom stereocenters. The first-order valence-electron chi connectivity index (χ1n) is 14.2. The lowest BCUT2D eigenvalue weighted by atomic mass is 9.82. The van der Waals surface area contributed by atoms with E-state index in [0.717, 1.165) is 16.6 Å². The van der Waals surface area contributed by atoms with Crippen molar-refractivity contribution in [3.8, 4) is 28.2 Å². The van der Waals surface area contributed by atoms with E-state index in [1.165, 1.54) is 58.1 Å². The Balaban J connectivity index is 1.32. The number of hydrogen-bond acceptors (Lipinski definition) is 4. The summed E-state index contributed by atoms with van der Waals surface area (Å²) in [6.45, 7) is 4.77. The smallest absolute Gasteiger partial charge is 0.234 e. The number of benzene rings is 5. The molecule has 0 bridgehead atoms. The summed E-state index contributed by atoms with van der Waals surface area (Å²) in [5.74, 6) is 0.692. The van der Waals surface area contributed by atoms with E-state index in [1.807, 2.05) is 54.1 Å². The lowest BCUT2D eigenvalue weighted by molar-refractivity contribution is 0.642. The minimum atomic E-state index is -0.149. The number of aromatic nitrogens is 3. The van der Waals surface area contributed by atoms with Crippen molar-refractivity contribution < 1.29 is 0 Å². The molecule has 0 radical (unpaired) electrons. The van der Waals surface area contributed by atoms with Crippen LogP contribution in [0.5, 0.6) is 0 Å². The predicted molar refractivity (Wildman–Crippen MR) is 174 cm³/mol. The van der Waals surface area contributed by atoms with E-state index in [0.29, 0.717) is 5.95 Å². The fourth-order valence-electron chi connectivity index (χ4n) is 6.83. The van der Waals surface area contributed by atoms with Gasteiger partial charge >= 0.3 is 0 Å². The summed E-state index contributed by atoms with van der Waals surface area (Å²) < 4.78 is 2.28. The van der Waals surface area contributed by atoms with Gasteiger partial charge in [-0.1, -0.05) is 116 Å². The van der Waals surface area contributed by atoms with Crippen molar-refractivity contribution in [1.82, 2.24) is 14.5 Å². The van der Waals surface area contributed by atoms with E-state index in [4.69, 9.17) is 9.97 Å². The van der Waals surface area contributed by atoms with Crippen LogP contribution in [0, 0.1) is 0 Å². The molecular weight excluding hydrogens is 551 g/mol.